The second-order valence-corrected chi connectivity index (χ2v) is 34.4. The molecule has 6 aliphatic heterocycles. The lowest BCUT2D eigenvalue weighted by Gasteiger charge is -2.53. The second kappa shape index (κ2) is 41.6. The van der Waals surface area contributed by atoms with E-state index < -0.39 is 205 Å². The molecule has 11 unspecified atom stereocenters. The number of esters is 4. The van der Waals surface area contributed by atoms with Gasteiger partial charge >= 0.3 is 35.8 Å². The molecule has 25 nitrogen and oxygen atoms in total. The highest BCUT2D eigenvalue weighted by Gasteiger charge is 2.64. The Hall–Kier alpha value is -4.95. The van der Waals surface area contributed by atoms with Crippen LogP contribution in [-0.2, 0) is 129 Å². The van der Waals surface area contributed by atoms with Crippen molar-refractivity contribution in [3.63, 3.8) is 0 Å². The van der Waals surface area contributed by atoms with Gasteiger partial charge in [-0.2, -0.15) is 0 Å². The molecule has 0 aliphatic carbocycles. The summed E-state index contributed by atoms with van der Waals surface area (Å²) in [7, 11) is 1.07. The van der Waals surface area contributed by atoms with Crippen molar-refractivity contribution in [1.82, 2.24) is 5.32 Å². The van der Waals surface area contributed by atoms with E-state index in [0.29, 0.717) is 32.5 Å². The van der Waals surface area contributed by atoms with E-state index in [0.717, 1.165) is 23.8 Å². The highest BCUT2D eigenvalue weighted by molar-refractivity contribution is 6.67. The van der Waals surface area contributed by atoms with Crippen LogP contribution in [0.15, 0.2) is 91.0 Å². The van der Waals surface area contributed by atoms with Crippen LogP contribution < -0.4 is 5.32 Å². The zero-order valence-electron chi connectivity index (χ0n) is 68.5. The van der Waals surface area contributed by atoms with E-state index in [2.05, 4.69) is 26.1 Å². The first-order valence-electron chi connectivity index (χ1n) is 40.0. The van der Waals surface area contributed by atoms with E-state index in [1.54, 1.807) is 20.8 Å². The predicted octanol–water partition coefficient (Wildman–Crippen LogP) is 14.1. The Labute approximate surface area is 680 Å². The maximum Gasteiger partial charge on any atom is 0.407 e. The van der Waals surface area contributed by atoms with E-state index >= 15 is 4.39 Å². The maximum absolute atomic E-state index is 17.6. The molecule has 0 aromatic heterocycles. The van der Waals surface area contributed by atoms with Crippen molar-refractivity contribution >= 4 is 64.8 Å². The molecular formula is C84H121Cl3FNO24. The number of alkyl carbamates (subject to hydrolysis) is 1. The lowest BCUT2D eigenvalue weighted by Crippen LogP contribution is -2.67. The molecule has 634 valence electrons. The summed E-state index contributed by atoms with van der Waals surface area (Å²) in [6, 6.07) is 28.0. The molecule has 29 heteroatoms. The van der Waals surface area contributed by atoms with E-state index in [9.17, 15) is 24.0 Å². The normalized spacial score (nSPS) is 37.4. The van der Waals surface area contributed by atoms with Crippen LogP contribution in [0.5, 0.6) is 0 Å². The Morgan fingerprint density at radius 1 is 0.549 bits per heavy atom. The molecule has 3 aromatic carbocycles. The van der Waals surface area contributed by atoms with E-state index in [1.165, 1.54) is 20.8 Å². The summed E-state index contributed by atoms with van der Waals surface area (Å²) in [4.78, 5) is 67.8. The molecule has 3 aromatic rings. The monoisotopic (exact) mass is 1650 g/mol. The van der Waals surface area contributed by atoms with Crippen molar-refractivity contribution < 1.29 is 118 Å². The minimum Gasteiger partial charge on any atom is -0.465 e. The van der Waals surface area contributed by atoms with Crippen molar-refractivity contribution in [2.24, 2.45) is 58.7 Å². The molecule has 31 atom stereocenters. The van der Waals surface area contributed by atoms with Gasteiger partial charge in [-0.1, -0.05) is 223 Å². The standard InChI is InChI=1S/C84H121Cl3FNO24/c1-19-60-45(5)46(6)70(79(105-60)112-74-72(104-56(16)92)78(99-43-82(74,17)22-4)110-67-49(9)51(11)75(98-40-59-36-30-25-31-37-59)107-63(67)41-96-38-57-32-26-23-27-33-57)111-77-65(89-81(94)100-44-83(85,86)87)53(13)68(61(20-2)106-77)109-76-52(12)48(8)66(97-39-58-34-28-24-29-35-58)64(108-76)42-101-84(80(93)95-18)73(88)50(10)47(7)69(113-84)71(103-55(15)91)62(21-3)102-54(14)90/h23-37,45-53,60-79H,19-22,38-44H2,1-18H3,(H,89,94)/t45-,46?,47+,48+,49+,50-,51?,52?,53+,60-,61?,62+,63?,64?,65?,66+,67-,68-,69?,70?,71+,72?,73?,74+,75+,76-,77-,78-,79+,82-,84+/m0/s1. The molecule has 6 fully saturated rings. The molecule has 6 aliphatic rings. The third kappa shape index (κ3) is 22.9. The van der Waals surface area contributed by atoms with Crippen LogP contribution in [0.25, 0.3) is 0 Å². The lowest BCUT2D eigenvalue weighted by atomic mass is 9.77. The number of carbonyl (C=O) groups excluding carboxylic acids is 5. The van der Waals surface area contributed by atoms with Gasteiger partial charge in [0.1, 0.15) is 43.2 Å². The minimum absolute atomic E-state index is 0.106. The summed E-state index contributed by atoms with van der Waals surface area (Å²) in [5.41, 5.74) is 1.95. The first-order valence-corrected chi connectivity index (χ1v) is 41.2. The number of benzene rings is 3. The molecule has 6 saturated heterocycles. The van der Waals surface area contributed by atoms with Crippen LogP contribution in [-0.4, -0.2) is 196 Å². The second-order valence-electron chi connectivity index (χ2n) is 31.8. The maximum atomic E-state index is 17.6. The molecule has 0 saturated carbocycles. The van der Waals surface area contributed by atoms with Crippen molar-refractivity contribution in [2.45, 2.75) is 296 Å². The first-order chi connectivity index (χ1) is 53.7. The van der Waals surface area contributed by atoms with Crippen LogP contribution in [0.1, 0.15) is 160 Å². The minimum atomic E-state index is -2.80. The summed E-state index contributed by atoms with van der Waals surface area (Å²) < 4.78 is 141. The van der Waals surface area contributed by atoms with Gasteiger partial charge < -0.3 is 95.3 Å². The summed E-state index contributed by atoms with van der Waals surface area (Å²) in [5.74, 6) is -10.4. The third-order valence-corrected chi connectivity index (χ3v) is 24.4. The van der Waals surface area contributed by atoms with Crippen molar-refractivity contribution in [3.8, 4) is 0 Å². The van der Waals surface area contributed by atoms with Gasteiger partial charge in [0.15, 0.2) is 49.8 Å². The van der Waals surface area contributed by atoms with Crippen LogP contribution in [0, 0.1) is 58.7 Å². The van der Waals surface area contributed by atoms with Gasteiger partial charge in [-0.05, 0) is 77.9 Å². The van der Waals surface area contributed by atoms with Crippen molar-refractivity contribution in [1.29, 1.82) is 0 Å². The fourth-order valence-electron chi connectivity index (χ4n) is 16.4. The number of nitrogens with one attached hydrogen (secondary N) is 1. The van der Waals surface area contributed by atoms with Crippen molar-refractivity contribution in [2.75, 3.05) is 33.5 Å². The molecule has 113 heavy (non-hydrogen) atoms. The van der Waals surface area contributed by atoms with Crippen LogP contribution in [0.2, 0.25) is 0 Å². The first kappa shape index (κ1) is 91.9. The smallest absolute Gasteiger partial charge is 0.407 e. The Bertz CT molecular complexity index is 3470. The average Bonchev–Trinajstić information content (AvgIpc) is 0.814. The number of methoxy groups -OCH3 is 1. The molecule has 1 N–H and O–H groups in total. The quantitative estimate of drug-likeness (QED) is 0.0337. The molecular weight excluding hydrogens is 1530 g/mol. The molecule has 0 radical (unpaired) electrons. The summed E-state index contributed by atoms with van der Waals surface area (Å²) in [6.07, 6.45) is -19.3. The van der Waals surface area contributed by atoms with Crippen LogP contribution in [0.3, 0.4) is 0 Å². The fraction of sp³-hybridized carbons (Fsp3) is 0.726. The Kier molecular flexibility index (Phi) is 33.9. The van der Waals surface area contributed by atoms with Crippen LogP contribution in [0.4, 0.5) is 9.18 Å². The lowest BCUT2D eigenvalue weighted by molar-refractivity contribution is -0.382. The molecule has 0 bridgehead atoms. The Balaban J connectivity index is 1.02. The number of alkyl halides is 4. The van der Waals surface area contributed by atoms with Gasteiger partial charge in [0.2, 0.25) is 3.79 Å². The number of ether oxygens (including phenoxy) is 19. The number of halogens is 4. The van der Waals surface area contributed by atoms with Gasteiger partial charge in [0, 0.05) is 43.9 Å². The molecule has 9 rings (SSSR count). The third-order valence-electron chi connectivity index (χ3n) is 24.1. The van der Waals surface area contributed by atoms with Gasteiger partial charge in [-0.15, -0.1) is 0 Å². The van der Waals surface area contributed by atoms with Gasteiger partial charge in [-0.3, -0.25) is 14.4 Å². The van der Waals surface area contributed by atoms with Gasteiger partial charge in [0.05, 0.1) is 83.3 Å². The highest BCUT2D eigenvalue weighted by atomic mass is 35.6. The van der Waals surface area contributed by atoms with E-state index in [4.69, 9.17) is 125 Å². The van der Waals surface area contributed by atoms with Crippen molar-refractivity contribution in [3.05, 3.63) is 108 Å². The summed E-state index contributed by atoms with van der Waals surface area (Å²) in [6.45, 7) is 30.4. The zero-order valence-corrected chi connectivity index (χ0v) is 70.8. The van der Waals surface area contributed by atoms with Gasteiger partial charge in [0.25, 0.3) is 0 Å². The number of rotatable bonds is 33. The summed E-state index contributed by atoms with van der Waals surface area (Å²) >= 11 is 18.5. The van der Waals surface area contributed by atoms with Crippen LogP contribution >= 0.6 is 34.8 Å². The predicted molar refractivity (Wildman–Crippen MR) is 414 cm³/mol. The van der Waals surface area contributed by atoms with E-state index in [-0.39, 0.29) is 56.0 Å². The average molecular weight is 1650 g/mol. The van der Waals surface area contributed by atoms with Gasteiger partial charge in [-0.25, -0.2) is 14.0 Å². The Morgan fingerprint density at radius 2 is 1.07 bits per heavy atom. The number of amides is 1. The topological polar surface area (TPSA) is 273 Å². The number of carbonyl (C=O) groups is 5. The number of hydrogen-bond acceptors (Lipinski definition) is 24. The highest BCUT2D eigenvalue weighted by Crippen LogP contribution is 2.49. The largest absolute Gasteiger partial charge is 0.465 e. The number of hydrogen-bond donors (Lipinski definition) is 1. The summed E-state index contributed by atoms with van der Waals surface area (Å²) in [5, 5.41) is 2.98. The molecule has 1 amide bonds. The molecule has 6 heterocycles. The zero-order chi connectivity index (χ0) is 82.4. The SMILES string of the molecule is CCC1O[C@@H](OC2C(C)[C@H](C)[C@H](CC)O[C@@H]2O[C@@H]2C(OC(C)=O)[C@H](O[C@@H]3C(COCc4ccccc4)O[C@@H](OCc4ccccc4)C(C)[C@H]3C)OC[C@]2(C)CC)C(NC(=O)OCC(Cl)(Cl)Cl)[C@@H](C)[C@@H]1O[C@@H]1OC(CO[C@@]2(C(=O)OC)OC([C@H](OC(C)=O)[C@@H](CC)OC(C)=O)[C@H](C)[C@H](C)C2F)[C@H](OCc2ccccc2)[C@H](C)C1C. The van der Waals surface area contributed by atoms with E-state index in [1.807, 2.05) is 146 Å². The fourth-order valence-corrected chi connectivity index (χ4v) is 16.5. The molecule has 0 spiro atoms. The Morgan fingerprint density at radius 3 is 1.64 bits per heavy atom.